The number of aryl methyl sites for hydroxylation is 1. The van der Waals surface area contributed by atoms with Gasteiger partial charge in [0.05, 0.1) is 19.3 Å². The number of benzene rings is 1. The van der Waals surface area contributed by atoms with Crippen molar-refractivity contribution in [2.24, 2.45) is 0 Å². The molecule has 0 radical (unpaired) electrons. The summed E-state index contributed by atoms with van der Waals surface area (Å²) in [6, 6.07) is 7.15. The van der Waals surface area contributed by atoms with Crippen LogP contribution >= 0.6 is 0 Å². The molecule has 0 N–H and O–H groups in total. The van der Waals surface area contributed by atoms with Gasteiger partial charge in [-0.05, 0) is 55.7 Å². The topological polar surface area (TPSA) is 57.9 Å². The zero-order valence-electron chi connectivity index (χ0n) is 13.1. The van der Waals surface area contributed by atoms with Gasteiger partial charge in [-0.15, -0.1) is 0 Å². The second kappa shape index (κ2) is 5.18. The number of furan rings is 1. The third-order valence-corrected chi connectivity index (χ3v) is 3.82. The summed E-state index contributed by atoms with van der Waals surface area (Å²) in [5, 5.41) is 0. The first-order chi connectivity index (χ1) is 10.4. The summed E-state index contributed by atoms with van der Waals surface area (Å²) in [5.74, 6) is 0.512. The van der Waals surface area contributed by atoms with Crippen LogP contribution in [-0.2, 0) is 21.7 Å². The SMILES string of the molecule is COC(=O)c1ccc(Oc2cc3c(cc2C)COC3(C)C)o1. The Labute approximate surface area is 128 Å². The first-order valence-electron chi connectivity index (χ1n) is 7.04. The van der Waals surface area contributed by atoms with Gasteiger partial charge in [0, 0.05) is 6.07 Å². The molecule has 116 valence electrons. The van der Waals surface area contributed by atoms with Crippen molar-refractivity contribution in [3.63, 3.8) is 0 Å². The molecule has 0 saturated heterocycles. The minimum absolute atomic E-state index is 0.111. The van der Waals surface area contributed by atoms with Crippen molar-refractivity contribution in [2.45, 2.75) is 33.0 Å². The van der Waals surface area contributed by atoms with Crippen LogP contribution in [0.25, 0.3) is 0 Å². The molecule has 0 atom stereocenters. The van der Waals surface area contributed by atoms with Crippen LogP contribution in [0, 0.1) is 6.92 Å². The summed E-state index contributed by atoms with van der Waals surface area (Å²) in [6.45, 7) is 6.63. The Morgan fingerprint density at radius 2 is 2.05 bits per heavy atom. The van der Waals surface area contributed by atoms with Gasteiger partial charge in [0.2, 0.25) is 5.76 Å². The van der Waals surface area contributed by atoms with Crippen LogP contribution in [0.3, 0.4) is 0 Å². The van der Waals surface area contributed by atoms with Crippen molar-refractivity contribution in [3.05, 3.63) is 46.7 Å². The predicted octanol–water partition coefficient (Wildman–Crippen LogP) is 3.93. The predicted molar refractivity (Wildman–Crippen MR) is 79.1 cm³/mol. The molecular weight excluding hydrogens is 284 g/mol. The average Bonchev–Trinajstić information content (AvgIpc) is 3.05. The molecule has 5 nitrogen and oxygen atoms in total. The van der Waals surface area contributed by atoms with Gasteiger partial charge >= 0.3 is 5.97 Å². The van der Waals surface area contributed by atoms with Crippen molar-refractivity contribution < 1.29 is 23.4 Å². The van der Waals surface area contributed by atoms with E-state index in [9.17, 15) is 4.79 Å². The molecule has 0 bridgehead atoms. The number of rotatable bonds is 3. The van der Waals surface area contributed by atoms with E-state index in [4.69, 9.17) is 13.9 Å². The summed E-state index contributed by atoms with van der Waals surface area (Å²) >= 11 is 0. The summed E-state index contributed by atoms with van der Waals surface area (Å²) < 4.78 is 21.5. The van der Waals surface area contributed by atoms with Crippen molar-refractivity contribution in [3.8, 4) is 11.7 Å². The molecular formula is C17H18O5. The highest BCUT2D eigenvalue weighted by Gasteiger charge is 2.31. The zero-order valence-corrected chi connectivity index (χ0v) is 13.1. The molecule has 0 aliphatic carbocycles. The minimum atomic E-state index is -0.532. The van der Waals surface area contributed by atoms with Gasteiger partial charge in [0.15, 0.2) is 0 Å². The van der Waals surface area contributed by atoms with Crippen molar-refractivity contribution in [1.29, 1.82) is 0 Å². The standard InChI is InChI=1S/C17H18O5/c1-10-7-11-9-20-17(2,3)12(11)8-14(10)22-15-6-5-13(21-15)16(18)19-4/h5-8H,9H2,1-4H3. The fraction of sp³-hybridized carbons (Fsp3) is 0.353. The Morgan fingerprint density at radius 3 is 2.77 bits per heavy atom. The van der Waals surface area contributed by atoms with E-state index in [1.165, 1.54) is 18.7 Å². The van der Waals surface area contributed by atoms with Crippen LogP contribution in [-0.4, -0.2) is 13.1 Å². The Balaban J connectivity index is 1.90. The highest BCUT2D eigenvalue weighted by atomic mass is 16.6. The molecule has 1 aromatic carbocycles. The summed E-state index contributed by atoms with van der Waals surface area (Å²) in [5.41, 5.74) is 2.93. The maximum atomic E-state index is 11.4. The average molecular weight is 302 g/mol. The quantitative estimate of drug-likeness (QED) is 0.804. The lowest BCUT2D eigenvalue weighted by Gasteiger charge is -2.19. The van der Waals surface area contributed by atoms with Gasteiger partial charge in [-0.3, -0.25) is 0 Å². The van der Waals surface area contributed by atoms with E-state index < -0.39 is 5.97 Å². The summed E-state index contributed by atoms with van der Waals surface area (Å²) in [4.78, 5) is 11.4. The van der Waals surface area contributed by atoms with E-state index in [1.54, 1.807) is 6.07 Å². The Kier molecular flexibility index (Phi) is 3.45. The maximum absolute atomic E-state index is 11.4. The molecule has 1 aliphatic heterocycles. The Hall–Kier alpha value is -2.27. The third-order valence-electron chi connectivity index (χ3n) is 3.82. The van der Waals surface area contributed by atoms with E-state index in [2.05, 4.69) is 10.8 Å². The van der Waals surface area contributed by atoms with Gasteiger partial charge in [-0.2, -0.15) is 0 Å². The molecule has 0 saturated carbocycles. The molecule has 3 rings (SSSR count). The fourth-order valence-electron chi connectivity index (χ4n) is 2.57. The number of hydrogen-bond donors (Lipinski definition) is 0. The van der Waals surface area contributed by atoms with E-state index >= 15 is 0 Å². The second-order valence-electron chi connectivity index (χ2n) is 5.79. The molecule has 2 aromatic rings. The highest BCUT2D eigenvalue weighted by molar-refractivity contribution is 5.86. The number of ether oxygens (including phenoxy) is 3. The van der Waals surface area contributed by atoms with Crippen LogP contribution in [0.15, 0.2) is 28.7 Å². The summed E-state index contributed by atoms with van der Waals surface area (Å²) in [7, 11) is 1.30. The molecule has 2 heterocycles. The lowest BCUT2D eigenvalue weighted by Crippen LogP contribution is -2.14. The number of esters is 1. The second-order valence-corrected chi connectivity index (χ2v) is 5.79. The molecule has 0 amide bonds. The lowest BCUT2D eigenvalue weighted by atomic mass is 9.94. The first kappa shape index (κ1) is 14.7. The van der Waals surface area contributed by atoms with Crippen LogP contribution in [0.2, 0.25) is 0 Å². The van der Waals surface area contributed by atoms with E-state index in [1.807, 2.05) is 26.8 Å². The lowest BCUT2D eigenvalue weighted by molar-refractivity contribution is -0.00795. The number of fused-ring (bicyclic) bond motifs is 1. The molecule has 1 aliphatic rings. The van der Waals surface area contributed by atoms with Crippen LogP contribution in [0.5, 0.6) is 11.7 Å². The number of hydrogen-bond acceptors (Lipinski definition) is 5. The van der Waals surface area contributed by atoms with Gasteiger partial charge in [0.25, 0.3) is 5.95 Å². The molecule has 1 aromatic heterocycles. The fourth-order valence-corrected chi connectivity index (χ4v) is 2.57. The smallest absolute Gasteiger partial charge is 0.374 e. The van der Waals surface area contributed by atoms with Crippen LogP contribution in [0.4, 0.5) is 0 Å². The molecule has 22 heavy (non-hydrogen) atoms. The molecule has 0 unspecified atom stereocenters. The zero-order chi connectivity index (χ0) is 15.9. The van der Waals surface area contributed by atoms with Gasteiger partial charge in [-0.1, -0.05) is 0 Å². The number of carbonyl (C=O) groups is 1. The molecule has 0 spiro atoms. The number of methoxy groups -OCH3 is 1. The van der Waals surface area contributed by atoms with E-state index in [0.717, 1.165) is 11.1 Å². The normalized spacial score (nSPS) is 15.5. The van der Waals surface area contributed by atoms with Crippen molar-refractivity contribution >= 4 is 5.97 Å². The van der Waals surface area contributed by atoms with Gasteiger partial charge in [-0.25, -0.2) is 4.79 Å². The maximum Gasteiger partial charge on any atom is 0.374 e. The number of carbonyl (C=O) groups excluding carboxylic acids is 1. The highest BCUT2D eigenvalue weighted by Crippen LogP contribution is 2.40. The molecule has 0 fully saturated rings. The van der Waals surface area contributed by atoms with E-state index in [-0.39, 0.29) is 17.3 Å². The van der Waals surface area contributed by atoms with Gasteiger partial charge in [0.1, 0.15) is 5.75 Å². The first-order valence-corrected chi connectivity index (χ1v) is 7.04. The monoisotopic (exact) mass is 302 g/mol. The van der Waals surface area contributed by atoms with Crippen LogP contribution in [0.1, 0.15) is 41.1 Å². The summed E-state index contributed by atoms with van der Waals surface area (Å²) in [6.07, 6.45) is 0. The minimum Gasteiger partial charge on any atom is -0.463 e. The Bertz CT molecular complexity index is 727. The van der Waals surface area contributed by atoms with E-state index in [0.29, 0.717) is 12.4 Å². The van der Waals surface area contributed by atoms with Gasteiger partial charge < -0.3 is 18.6 Å². The third kappa shape index (κ3) is 2.48. The Morgan fingerprint density at radius 1 is 1.27 bits per heavy atom. The largest absolute Gasteiger partial charge is 0.463 e. The van der Waals surface area contributed by atoms with Crippen molar-refractivity contribution in [1.82, 2.24) is 0 Å². The molecule has 5 heteroatoms. The van der Waals surface area contributed by atoms with Crippen molar-refractivity contribution in [2.75, 3.05) is 7.11 Å². The van der Waals surface area contributed by atoms with Crippen LogP contribution < -0.4 is 4.74 Å².